The Labute approximate surface area is 121 Å². The number of fused-ring (bicyclic) bond motifs is 1. The molecule has 0 aliphatic carbocycles. The summed E-state index contributed by atoms with van der Waals surface area (Å²) in [7, 11) is 0. The lowest BCUT2D eigenvalue weighted by atomic mass is 10.1. The first kappa shape index (κ1) is 13.1. The number of hydrogen-bond acceptors (Lipinski definition) is 3. The number of imidazole rings is 1. The monoisotopic (exact) mass is 284 g/mol. The second-order valence-corrected chi connectivity index (χ2v) is 5.57. The standard InChI is InChI=1S/C16H16N2OS/c1-3-18-14-7-5-4-6-13(14)17-16(18)8-15(19)12-10-20-9-11(12)2/h4-7,9-10H,3,8H2,1-2H3. The Kier molecular flexibility index (Phi) is 3.40. The molecule has 0 fully saturated rings. The highest BCUT2D eigenvalue weighted by Gasteiger charge is 2.16. The zero-order valence-corrected chi connectivity index (χ0v) is 12.4. The fraction of sp³-hybridized carbons (Fsp3) is 0.250. The Balaban J connectivity index is 1.99. The Morgan fingerprint density at radius 1 is 1.30 bits per heavy atom. The molecule has 1 aromatic carbocycles. The van der Waals surface area contributed by atoms with Crippen molar-refractivity contribution < 1.29 is 4.79 Å². The van der Waals surface area contributed by atoms with E-state index in [0.29, 0.717) is 6.42 Å². The molecule has 3 aromatic rings. The predicted molar refractivity (Wildman–Crippen MR) is 82.5 cm³/mol. The molecule has 20 heavy (non-hydrogen) atoms. The van der Waals surface area contributed by atoms with Crippen LogP contribution in [-0.4, -0.2) is 15.3 Å². The number of aromatic nitrogens is 2. The van der Waals surface area contributed by atoms with Crippen LogP contribution in [0.2, 0.25) is 0 Å². The van der Waals surface area contributed by atoms with Crippen LogP contribution in [0.25, 0.3) is 11.0 Å². The number of thiophene rings is 1. The molecule has 0 saturated carbocycles. The summed E-state index contributed by atoms with van der Waals surface area (Å²) in [6, 6.07) is 8.02. The highest BCUT2D eigenvalue weighted by Crippen LogP contribution is 2.20. The maximum absolute atomic E-state index is 12.4. The van der Waals surface area contributed by atoms with Gasteiger partial charge in [0.1, 0.15) is 5.82 Å². The average Bonchev–Trinajstić information content (AvgIpc) is 3.01. The van der Waals surface area contributed by atoms with Gasteiger partial charge in [-0.1, -0.05) is 12.1 Å². The molecule has 2 heterocycles. The summed E-state index contributed by atoms with van der Waals surface area (Å²) < 4.78 is 2.12. The zero-order valence-electron chi connectivity index (χ0n) is 11.6. The summed E-state index contributed by atoms with van der Waals surface area (Å²) in [6.07, 6.45) is 0.361. The van der Waals surface area contributed by atoms with E-state index in [0.717, 1.165) is 34.5 Å². The highest BCUT2D eigenvalue weighted by molar-refractivity contribution is 7.08. The van der Waals surface area contributed by atoms with Gasteiger partial charge in [0.15, 0.2) is 5.78 Å². The van der Waals surface area contributed by atoms with E-state index in [9.17, 15) is 4.79 Å². The van der Waals surface area contributed by atoms with E-state index in [2.05, 4.69) is 22.5 Å². The van der Waals surface area contributed by atoms with Gasteiger partial charge in [0.2, 0.25) is 0 Å². The lowest BCUT2D eigenvalue weighted by Gasteiger charge is -2.05. The van der Waals surface area contributed by atoms with E-state index in [1.54, 1.807) is 11.3 Å². The number of hydrogen-bond donors (Lipinski definition) is 0. The van der Waals surface area contributed by atoms with E-state index < -0.39 is 0 Å². The molecule has 102 valence electrons. The number of aryl methyl sites for hydroxylation is 2. The average molecular weight is 284 g/mol. The van der Waals surface area contributed by atoms with Crippen molar-refractivity contribution in [3.8, 4) is 0 Å². The lowest BCUT2D eigenvalue weighted by Crippen LogP contribution is -2.10. The van der Waals surface area contributed by atoms with Crippen LogP contribution in [-0.2, 0) is 13.0 Å². The molecular weight excluding hydrogens is 268 g/mol. The van der Waals surface area contributed by atoms with Gasteiger partial charge in [0, 0.05) is 17.5 Å². The van der Waals surface area contributed by atoms with Crippen molar-refractivity contribution in [2.24, 2.45) is 0 Å². The van der Waals surface area contributed by atoms with E-state index in [1.807, 2.05) is 35.9 Å². The maximum Gasteiger partial charge on any atom is 0.171 e. The lowest BCUT2D eigenvalue weighted by molar-refractivity contribution is 0.0990. The van der Waals surface area contributed by atoms with Crippen molar-refractivity contribution >= 4 is 28.2 Å². The second kappa shape index (κ2) is 5.21. The predicted octanol–water partition coefficient (Wildman–Crippen LogP) is 3.85. The van der Waals surface area contributed by atoms with Gasteiger partial charge in [-0.2, -0.15) is 11.3 Å². The van der Waals surface area contributed by atoms with Crippen LogP contribution >= 0.6 is 11.3 Å². The van der Waals surface area contributed by atoms with Gasteiger partial charge >= 0.3 is 0 Å². The molecule has 0 radical (unpaired) electrons. The number of nitrogens with zero attached hydrogens (tertiary/aromatic N) is 2. The minimum Gasteiger partial charge on any atom is -0.328 e. The minimum absolute atomic E-state index is 0.147. The van der Waals surface area contributed by atoms with Crippen molar-refractivity contribution in [2.45, 2.75) is 26.8 Å². The van der Waals surface area contributed by atoms with Crippen molar-refractivity contribution in [3.63, 3.8) is 0 Å². The Hall–Kier alpha value is -1.94. The summed E-state index contributed by atoms with van der Waals surface area (Å²) >= 11 is 1.57. The van der Waals surface area contributed by atoms with Gasteiger partial charge in [-0.25, -0.2) is 4.98 Å². The molecule has 0 spiro atoms. The molecule has 0 amide bonds. The highest BCUT2D eigenvalue weighted by atomic mass is 32.1. The van der Waals surface area contributed by atoms with Crippen molar-refractivity contribution in [1.29, 1.82) is 0 Å². The normalized spacial score (nSPS) is 11.1. The number of carbonyl (C=O) groups excluding carboxylic acids is 1. The molecule has 0 aliphatic rings. The van der Waals surface area contributed by atoms with Crippen molar-refractivity contribution in [2.75, 3.05) is 0 Å². The molecule has 0 bridgehead atoms. The number of ketones is 1. The van der Waals surface area contributed by atoms with Crippen LogP contribution in [0.4, 0.5) is 0 Å². The van der Waals surface area contributed by atoms with Crippen LogP contribution in [0.3, 0.4) is 0 Å². The largest absolute Gasteiger partial charge is 0.328 e. The maximum atomic E-state index is 12.4. The van der Waals surface area contributed by atoms with Gasteiger partial charge < -0.3 is 4.57 Å². The Morgan fingerprint density at radius 2 is 2.10 bits per heavy atom. The molecule has 0 atom stereocenters. The summed E-state index contributed by atoms with van der Waals surface area (Å²) in [4.78, 5) is 17.0. The molecule has 2 aromatic heterocycles. The first-order valence-corrected chi connectivity index (χ1v) is 7.65. The van der Waals surface area contributed by atoms with Gasteiger partial charge in [-0.15, -0.1) is 0 Å². The summed E-state index contributed by atoms with van der Waals surface area (Å²) in [6.45, 7) is 4.89. The van der Waals surface area contributed by atoms with Gasteiger partial charge in [-0.3, -0.25) is 4.79 Å². The number of carbonyl (C=O) groups is 1. The number of Topliss-reactive ketones (excluding diaryl/α,β-unsaturated/α-hetero) is 1. The molecular formula is C16H16N2OS. The number of rotatable bonds is 4. The van der Waals surface area contributed by atoms with Gasteiger partial charge in [0.05, 0.1) is 17.5 Å². The van der Waals surface area contributed by atoms with E-state index in [1.165, 1.54) is 0 Å². The third-order valence-corrected chi connectivity index (χ3v) is 4.39. The third kappa shape index (κ3) is 2.16. The smallest absolute Gasteiger partial charge is 0.171 e. The molecule has 0 N–H and O–H groups in total. The van der Waals surface area contributed by atoms with Crippen molar-refractivity contribution in [1.82, 2.24) is 9.55 Å². The first-order valence-electron chi connectivity index (χ1n) is 6.71. The fourth-order valence-electron chi connectivity index (χ4n) is 2.50. The van der Waals surface area contributed by atoms with Crippen LogP contribution < -0.4 is 0 Å². The minimum atomic E-state index is 0.147. The van der Waals surface area contributed by atoms with E-state index >= 15 is 0 Å². The van der Waals surface area contributed by atoms with Crippen LogP contribution in [0.1, 0.15) is 28.7 Å². The SMILES string of the molecule is CCn1c(CC(=O)c2cscc2C)nc2ccccc21. The Morgan fingerprint density at radius 3 is 2.80 bits per heavy atom. The summed E-state index contributed by atoms with van der Waals surface area (Å²) in [5, 5.41) is 3.94. The van der Waals surface area contributed by atoms with E-state index in [4.69, 9.17) is 0 Å². The fourth-order valence-corrected chi connectivity index (χ4v) is 3.35. The third-order valence-electron chi connectivity index (χ3n) is 3.52. The Bertz CT molecular complexity index is 770. The molecule has 0 aliphatic heterocycles. The molecule has 4 heteroatoms. The van der Waals surface area contributed by atoms with Crippen LogP contribution in [0, 0.1) is 6.92 Å². The summed E-state index contributed by atoms with van der Waals surface area (Å²) in [5.74, 6) is 0.998. The molecule has 3 nitrogen and oxygen atoms in total. The molecule has 0 unspecified atom stereocenters. The molecule has 0 saturated heterocycles. The quantitative estimate of drug-likeness (QED) is 0.682. The van der Waals surface area contributed by atoms with Crippen LogP contribution in [0.15, 0.2) is 35.0 Å². The molecule has 3 rings (SSSR count). The zero-order chi connectivity index (χ0) is 14.1. The number of para-hydroxylation sites is 2. The van der Waals surface area contributed by atoms with Gasteiger partial charge in [0.25, 0.3) is 0 Å². The van der Waals surface area contributed by atoms with Gasteiger partial charge in [-0.05, 0) is 36.9 Å². The summed E-state index contributed by atoms with van der Waals surface area (Å²) in [5.41, 5.74) is 3.93. The van der Waals surface area contributed by atoms with E-state index in [-0.39, 0.29) is 5.78 Å². The number of benzene rings is 1. The van der Waals surface area contributed by atoms with Crippen molar-refractivity contribution in [3.05, 3.63) is 52.0 Å². The van der Waals surface area contributed by atoms with Crippen LogP contribution in [0.5, 0.6) is 0 Å². The first-order chi connectivity index (χ1) is 9.70. The second-order valence-electron chi connectivity index (χ2n) is 4.83. The topological polar surface area (TPSA) is 34.9 Å².